The van der Waals surface area contributed by atoms with E-state index < -0.39 is 0 Å². The van der Waals surface area contributed by atoms with E-state index in [1.54, 1.807) is 0 Å². The van der Waals surface area contributed by atoms with Gasteiger partial charge in [-0.25, -0.2) is 0 Å². The average Bonchev–Trinajstić information content (AvgIpc) is 2.55. The fourth-order valence-corrected chi connectivity index (χ4v) is 3.68. The summed E-state index contributed by atoms with van der Waals surface area (Å²) < 4.78 is 0. The molecule has 0 N–H and O–H groups in total. The Bertz CT molecular complexity index is 166. The van der Waals surface area contributed by atoms with E-state index in [9.17, 15) is 0 Å². The Morgan fingerprint density at radius 1 is 0.435 bits per heavy atom. The normalized spacial score (nSPS) is 11.7. The molecule has 23 heavy (non-hydrogen) atoms. The van der Waals surface area contributed by atoms with Crippen molar-refractivity contribution in [1.82, 2.24) is 0 Å². The molecule has 0 amide bonds. The van der Waals surface area contributed by atoms with Crippen molar-refractivity contribution in [2.45, 2.75) is 130 Å². The van der Waals surface area contributed by atoms with Crippen molar-refractivity contribution in [3.8, 4) is 0 Å². The highest BCUT2D eigenvalue weighted by Crippen LogP contribution is 2.29. The molecule has 0 aliphatic rings. The third-order valence-corrected chi connectivity index (χ3v) is 5.26. The first-order chi connectivity index (χ1) is 11.3. The second-order valence-corrected chi connectivity index (χ2v) is 7.70. The molecule has 0 rings (SSSR count). The topological polar surface area (TPSA) is 0 Å². The Kier molecular flexibility index (Phi) is 18.3. The van der Waals surface area contributed by atoms with Crippen LogP contribution in [-0.4, -0.2) is 0 Å². The molecule has 0 spiro atoms. The van der Waals surface area contributed by atoms with Crippen LogP contribution in [0.15, 0.2) is 0 Å². The molecule has 0 saturated carbocycles. The maximum Gasteiger partial charge on any atom is -0.0324 e. The Morgan fingerprint density at radius 2 is 0.696 bits per heavy atom. The van der Waals surface area contributed by atoms with Gasteiger partial charge in [0.15, 0.2) is 0 Å². The standard InChI is InChI=1S/C23H47/c1-5-9-13-17-22(18-14-10-6-2)21-23(19-15-11-7-3)20-16-12-8-4/h21-23H,5-20H2,1-4H3. The Hall–Kier alpha value is 0. The van der Waals surface area contributed by atoms with Crippen molar-refractivity contribution in [3.05, 3.63) is 6.42 Å². The molecule has 0 fully saturated rings. The van der Waals surface area contributed by atoms with Gasteiger partial charge in [0, 0.05) is 0 Å². The first kappa shape index (κ1) is 23.0. The van der Waals surface area contributed by atoms with Gasteiger partial charge in [0.1, 0.15) is 0 Å². The van der Waals surface area contributed by atoms with Gasteiger partial charge < -0.3 is 0 Å². The maximum absolute atomic E-state index is 2.82. The minimum atomic E-state index is 0.904. The second-order valence-electron chi connectivity index (χ2n) is 7.70. The monoisotopic (exact) mass is 323 g/mol. The van der Waals surface area contributed by atoms with Gasteiger partial charge in [0.05, 0.1) is 0 Å². The van der Waals surface area contributed by atoms with Crippen LogP contribution < -0.4 is 0 Å². The summed E-state index contributed by atoms with van der Waals surface area (Å²) in [5.41, 5.74) is 0. The van der Waals surface area contributed by atoms with Crippen molar-refractivity contribution in [3.63, 3.8) is 0 Å². The third kappa shape index (κ3) is 15.3. The summed E-state index contributed by atoms with van der Waals surface area (Å²) in [5, 5.41) is 0. The van der Waals surface area contributed by atoms with E-state index >= 15 is 0 Å². The molecule has 0 aliphatic heterocycles. The van der Waals surface area contributed by atoms with Crippen molar-refractivity contribution < 1.29 is 0 Å². The first-order valence-electron chi connectivity index (χ1n) is 11.1. The molecule has 139 valence electrons. The molecule has 0 saturated heterocycles. The van der Waals surface area contributed by atoms with Gasteiger partial charge in [0.2, 0.25) is 0 Å². The number of unbranched alkanes of at least 4 members (excludes halogenated alkanes) is 8. The Labute approximate surface area is 149 Å². The molecule has 0 aliphatic carbocycles. The van der Waals surface area contributed by atoms with E-state index in [0.717, 1.165) is 11.8 Å². The molecule has 0 unspecified atom stereocenters. The molecule has 0 heterocycles. The van der Waals surface area contributed by atoms with Crippen LogP contribution in [0.25, 0.3) is 0 Å². The average molecular weight is 324 g/mol. The highest BCUT2D eigenvalue weighted by molar-refractivity contribution is 4.84. The molecule has 0 atom stereocenters. The van der Waals surface area contributed by atoms with Crippen molar-refractivity contribution in [1.29, 1.82) is 0 Å². The maximum atomic E-state index is 2.82. The zero-order chi connectivity index (χ0) is 17.2. The van der Waals surface area contributed by atoms with E-state index in [2.05, 4.69) is 34.1 Å². The predicted molar refractivity (Wildman–Crippen MR) is 108 cm³/mol. The lowest BCUT2D eigenvalue weighted by molar-refractivity contribution is 0.369. The minimum absolute atomic E-state index is 0.904. The van der Waals surface area contributed by atoms with Crippen LogP contribution in [-0.2, 0) is 0 Å². The summed E-state index contributed by atoms with van der Waals surface area (Å²) in [6, 6.07) is 0. The highest BCUT2D eigenvalue weighted by Gasteiger charge is 2.16. The first-order valence-corrected chi connectivity index (χ1v) is 11.1. The van der Waals surface area contributed by atoms with E-state index in [4.69, 9.17) is 0 Å². The smallest absolute Gasteiger partial charge is 0.0324 e. The largest absolute Gasteiger partial charge is 0.0654 e. The van der Waals surface area contributed by atoms with Gasteiger partial charge in [-0.2, -0.15) is 0 Å². The van der Waals surface area contributed by atoms with Crippen LogP contribution in [0.1, 0.15) is 130 Å². The SMILES string of the molecule is CCCCCC([CH]C(CCCCC)CCCCC)CCCCC. The van der Waals surface area contributed by atoms with E-state index in [1.807, 2.05) is 0 Å². The van der Waals surface area contributed by atoms with Crippen molar-refractivity contribution >= 4 is 0 Å². The van der Waals surface area contributed by atoms with Crippen LogP contribution in [0.5, 0.6) is 0 Å². The number of hydrogen-bond donors (Lipinski definition) is 0. The number of hydrogen-bond acceptors (Lipinski definition) is 0. The quantitative estimate of drug-likeness (QED) is 0.221. The summed E-state index contributed by atoms with van der Waals surface area (Å²) >= 11 is 0. The van der Waals surface area contributed by atoms with E-state index in [-0.39, 0.29) is 0 Å². The minimum Gasteiger partial charge on any atom is -0.0654 e. The zero-order valence-corrected chi connectivity index (χ0v) is 17.0. The van der Waals surface area contributed by atoms with Gasteiger partial charge in [-0.05, 0) is 18.3 Å². The molecule has 0 aromatic heterocycles. The lowest BCUT2D eigenvalue weighted by Gasteiger charge is -2.24. The summed E-state index contributed by atoms with van der Waals surface area (Å²) in [6.07, 6.45) is 25.5. The number of rotatable bonds is 18. The fraction of sp³-hybridized carbons (Fsp3) is 0.957. The van der Waals surface area contributed by atoms with Crippen LogP contribution in [0, 0.1) is 18.3 Å². The van der Waals surface area contributed by atoms with E-state index in [1.165, 1.54) is 103 Å². The van der Waals surface area contributed by atoms with Crippen molar-refractivity contribution in [2.75, 3.05) is 0 Å². The molecule has 0 bridgehead atoms. The molecule has 0 aromatic carbocycles. The zero-order valence-electron chi connectivity index (χ0n) is 17.0. The molecule has 0 aromatic rings. The molecule has 0 heteroatoms. The van der Waals surface area contributed by atoms with Crippen molar-refractivity contribution in [2.24, 2.45) is 11.8 Å². The van der Waals surface area contributed by atoms with Crippen LogP contribution in [0.4, 0.5) is 0 Å². The van der Waals surface area contributed by atoms with Crippen LogP contribution >= 0.6 is 0 Å². The van der Waals surface area contributed by atoms with E-state index in [0.29, 0.717) is 0 Å². The lowest BCUT2D eigenvalue weighted by Crippen LogP contribution is -2.11. The highest BCUT2D eigenvalue weighted by atomic mass is 14.2. The predicted octanol–water partition coefficient (Wildman–Crippen LogP) is 8.74. The molecule has 0 nitrogen and oxygen atoms in total. The van der Waals surface area contributed by atoms with Gasteiger partial charge in [-0.3, -0.25) is 0 Å². The lowest BCUT2D eigenvalue weighted by atomic mass is 9.82. The van der Waals surface area contributed by atoms with Gasteiger partial charge in [0.25, 0.3) is 0 Å². The summed E-state index contributed by atoms with van der Waals surface area (Å²) in [4.78, 5) is 0. The van der Waals surface area contributed by atoms with Crippen LogP contribution in [0.2, 0.25) is 0 Å². The second kappa shape index (κ2) is 18.3. The Balaban J connectivity index is 4.31. The van der Waals surface area contributed by atoms with Gasteiger partial charge in [-0.1, -0.05) is 130 Å². The molecular formula is C23H47. The molecule has 1 radical (unpaired) electrons. The fourth-order valence-electron chi connectivity index (χ4n) is 3.68. The van der Waals surface area contributed by atoms with Crippen LogP contribution in [0.3, 0.4) is 0 Å². The van der Waals surface area contributed by atoms with Gasteiger partial charge >= 0.3 is 0 Å². The summed E-state index contributed by atoms with van der Waals surface area (Å²) in [6.45, 7) is 9.31. The Morgan fingerprint density at radius 3 is 0.913 bits per heavy atom. The summed E-state index contributed by atoms with van der Waals surface area (Å²) in [5.74, 6) is 1.81. The third-order valence-electron chi connectivity index (χ3n) is 5.26. The summed E-state index contributed by atoms with van der Waals surface area (Å²) in [7, 11) is 0. The van der Waals surface area contributed by atoms with Gasteiger partial charge in [-0.15, -0.1) is 0 Å². The molecular weight excluding hydrogens is 276 g/mol.